The second-order valence-electron chi connectivity index (χ2n) is 5.44. The normalized spacial score (nSPS) is 12.5. The number of anilines is 2. The molecule has 0 fully saturated rings. The molecule has 0 saturated heterocycles. The van der Waals surface area contributed by atoms with Gasteiger partial charge in [0.05, 0.1) is 17.2 Å². The minimum Gasteiger partial charge on any atom is -0.491 e. The van der Waals surface area contributed by atoms with Crippen LogP contribution < -0.4 is 10.1 Å². The molecule has 3 rings (SSSR count). The molecule has 1 N–H and O–H groups in total. The maximum atomic E-state index is 5.83. The van der Waals surface area contributed by atoms with E-state index in [1.54, 1.807) is 11.8 Å². The van der Waals surface area contributed by atoms with Gasteiger partial charge in [0.15, 0.2) is 0 Å². The Morgan fingerprint density at radius 3 is 2.91 bits per heavy atom. The second kappa shape index (κ2) is 6.30. The van der Waals surface area contributed by atoms with Gasteiger partial charge in [-0.25, -0.2) is 4.98 Å². The number of nitrogens with one attached hydrogen (secondary N) is 1. The van der Waals surface area contributed by atoms with Crippen molar-refractivity contribution in [3.05, 3.63) is 29.2 Å². The van der Waals surface area contributed by atoms with Gasteiger partial charge in [-0.05, 0) is 44.6 Å². The summed E-state index contributed by atoms with van der Waals surface area (Å²) in [5.41, 5.74) is 0.984. The van der Waals surface area contributed by atoms with Gasteiger partial charge in [0, 0.05) is 17.1 Å². The summed E-state index contributed by atoms with van der Waals surface area (Å²) in [7, 11) is 0. The Morgan fingerprint density at radius 2 is 2.18 bits per heavy atom. The van der Waals surface area contributed by atoms with E-state index in [4.69, 9.17) is 17.0 Å². The van der Waals surface area contributed by atoms with Crippen molar-refractivity contribution in [2.75, 3.05) is 11.9 Å². The molecule has 0 amide bonds. The average molecular weight is 333 g/mol. The molecule has 22 heavy (non-hydrogen) atoms. The van der Waals surface area contributed by atoms with Crippen molar-refractivity contribution >= 4 is 35.5 Å². The molecule has 0 bridgehead atoms. The fourth-order valence-electron chi connectivity index (χ4n) is 2.27. The molecule has 0 atom stereocenters. The van der Waals surface area contributed by atoms with E-state index in [1.165, 1.54) is 0 Å². The van der Waals surface area contributed by atoms with E-state index >= 15 is 0 Å². The topological polar surface area (TPSA) is 39.1 Å². The summed E-state index contributed by atoms with van der Waals surface area (Å²) in [5.74, 6) is 1.68. The predicted octanol–water partition coefficient (Wildman–Crippen LogP) is 5.19. The van der Waals surface area contributed by atoms with Gasteiger partial charge in [0.1, 0.15) is 11.6 Å². The van der Waals surface area contributed by atoms with Crippen molar-refractivity contribution in [1.29, 1.82) is 0 Å². The largest absolute Gasteiger partial charge is 0.491 e. The molecule has 1 aromatic heterocycles. The van der Waals surface area contributed by atoms with Crippen molar-refractivity contribution in [2.45, 2.75) is 43.0 Å². The number of fused-ring (bicyclic) bond motifs is 2. The lowest BCUT2D eigenvalue weighted by Gasteiger charge is -2.24. The minimum atomic E-state index is 0.298. The van der Waals surface area contributed by atoms with E-state index in [0.29, 0.717) is 17.4 Å². The molecule has 1 aliphatic heterocycles. The zero-order valence-electron chi connectivity index (χ0n) is 12.9. The lowest BCUT2D eigenvalue weighted by atomic mass is 10.2. The van der Waals surface area contributed by atoms with Crippen LogP contribution in [0.5, 0.6) is 5.75 Å². The van der Waals surface area contributed by atoms with Crippen LogP contribution in [0.25, 0.3) is 0 Å². The maximum absolute atomic E-state index is 5.83. The monoisotopic (exact) mass is 333 g/mol. The molecule has 1 aromatic carbocycles. The Hall–Kier alpha value is -1.53. The SMILES string of the molecule is CCCOc1cccc2c1Nc1nc(=S)n(C(C)C)cc1S2. The number of para-hydroxylation sites is 1. The Bertz CT molecular complexity index is 756. The zero-order chi connectivity index (χ0) is 15.7. The number of ether oxygens (including phenoxy) is 1. The van der Waals surface area contributed by atoms with Crippen molar-refractivity contribution in [3.8, 4) is 5.75 Å². The van der Waals surface area contributed by atoms with E-state index < -0.39 is 0 Å². The smallest absolute Gasteiger partial charge is 0.201 e. The van der Waals surface area contributed by atoms with E-state index in [0.717, 1.165) is 33.5 Å². The summed E-state index contributed by atoms with van der Waals surface area (Å²) in [6, 6.07) is 6.40. The van der Waals surface area contributed by atoms with Gasteiger partial charge < -0.3 is 14.6 Å². The molecule has 2 heterocycles. The van der Waals surface area contributed by atoms with Gasteiger partial charge in [0.25, 0.3) is 0 Å². The van der Waals surface area contributed by atoms with Gasteiger partial charge >= 0.3 is 0 Å². The van der Waals surface area contributed by atoms with Crippen LogP contribution in [0.15, 0.2) is 34.2 Å². The number of hydrogen-bond donors (Lipinski definition) is 1. The van der Waals surface area contributed by atoms with Crippen molar-refractivity contribution in [2.24, 2.45) is 0 Å². The first-order valence-corrected chi connectivity index (χ1v) is 8.66. The average Bonchev–Trinajstić information content (AvgIpc) is 2.50. The fourth-order valence-corrected chi connectivity index (χ4v) is 3.63. The molecule has 1 aliphatic rings. The van der Waals surface area contributed by atoms with Crippen molar-refractivity contribution < 1.29 is 4.74 Å². The number of rotatable bonds is 4. The molecular formula is C16H19N3OS2. The van der Waals surface area contributed by atoms with Crippen LogP contribution in [0.3, 0.4) is 0 Å². The van der Waals surface area contributed by atoms with Gasteiger partial charge in [-0.3, -0.25) is 0 Å². The first kappa shape index (κ1) is 15.4. The van der Waals surface area contributed by atoms with Crippen LogP contribution in [0.2, 0.25) is 0 Å². The third-order valence-electron chi connectivity index (χ3n) is 3.39. The minimum absolute atomic E-state index is 0.298. The van der Waals surface area contributed by atoms with E-state index in [9.17, 15) is 0 Å². The summed E-state index contributed by atoms with van der Waals surface area (Å²) >= 11 is 7.08. The number of benzene rings is 1. The van der Waals surface area contributed by atoms with Gasteiger partial charge in [-0.15, -0.1) is 0 Å². The van der Waals surface area contributed by atoms with Crippen molar-refractivity contribution in [3.63, 3.8) is 0 Å². The highest BCUT2D eigenvalue weighted by molar-refractivity contribution is 7.99. The van der Waals surface area contributed by atoms with E-state index in [2.05, 4.69) is 43.3 Å². The Balaban J connectivity index is 2.00. The number of hydrogen-bond acceptors (Lipinski definition) is 5. The van der Waals surface area contributed by atoms with Crippen LogP contribution in [0, 0.1) is 4.77 Å². The van der Waals surface area contributed by atoms with Crippen molar-refractivity contribution in [1.82, 2.24) is 9.55 Å². The molecule has 2 aromatic rings. The molecule has 0 saturated carbocycles. The summed E-state index contributed by atoms with van der Waals surface area (Å²) in [6.45, 7) is 7.02. The van der Waals surface area contributed by atoms with Crippen LogP contribution in [0.4, 0.5) is 11.5 Å². The van der Waals surface area contributed by atoms with Crippen LogP contribution in [-0.2, 0) is 0 Å². The lowest BCUT2D eigenvalue weighted by molar-refractivity contribution is 0.318. The van der Waals surface area contributed by atoms with Crippen LogP contribution in [-0.4, -0.2) is 16.2 Å². The highest BCUT2D eigenvalue weighted by Gasteiger charge is 2.21. The lowest BCUT2D eigenvalue weighted by Crippen LogP contribution is -2.11. The molecule has 0 radical (unpaired) electrons. The highest BCUT2D eigenvalue weighted by atomic mass is 32.2. The molecule has 116 valence electrons. The maximum Gasteiger partial charge on any atom is 0.201 e. The van der Waals surface area contributed by atoms with Gasteiger partial charge in [-0.1, -0.05) is 24.8 Å². The summed E-state index contributed by atoms with van der Waals surface area (Å²) in [6.07, 6.45) is 3.06. The third-order valence-corrected chi connectivity index (χ3v) is 4.77. The molecule has 4 nitrogen and oxygen atoms in total. The summed E-state index contributed by atoms with van der Waals surface area (Å²) < 4.78 is 8.44. The Morgan fingerprint density at radius 1 is 1.36 bits per heavy atom. The Labute approximate surface area is 139 Å². The summed E-state index contributed by atoms with van der Waals surface area (Å²) in [4.78, 5) is 6.78. The predicted molar refractivity (Wildman–Crippen MR) is 93.1 cm³/mol. The van der Waals surface area contributed by atoms with Crippen LogP contribution >= 0.6 is 24.0 Å². The second-order valence-corrected chi connectivity index (χ2v) is 6.89. The van der Waals surface area contributed by atoms with Crippen LogP contribution in [0.1, 0.15) is 33.2 Å². The molecule has 6 heteroatoms. The highest BCUT2D eigenvalue weighted by Crippen LogP contribution is 2.47. The van der Waals surface area contributed by atoms with Gasteiger partial charge in [-0.2, -0.15) is 0 Å². The third kappa shape index (κ3) is 2.85. The van der Waals surface area contributed by atoms with E-state index in [1.807, 2.05) is 16.7 Å². The summed E-state index contributed by atoms with van der Waals surface area (Å²) in [5, 5.41) is 3.39. The quantitative estimate of drug-likeness (QED) is 0.665. The molecule has 0 aliphatic carbocycles. The Kier molecular flexibility index (Phi) is 4.40. The molecule has 0 spiro atoms. The fraction of sp³-hybridized carbons (Fsp3) is 0.375. The molecular weight excluding hydrogens is 314 g/mol. The molecule has 0 unspecified atom stereocenters. The zero-order valence-corrected chi connectivity index (χ0v) is 14.6. The van der Waals surface area contributed by atoms with E-state index in [-0.39, 0.29) is 0 Å². The first-order valence-electron chi connectivity index (χ1n) is 7.44. The first-order chi connectivity index (χ1) is 10.6. The number of aromatic nitrogens is 2. The van der Waals surface area contributed by atoms with Gasteiger partial charge in [0.2, 0.25) is 4.77 Å². The number of nitrogens with zero attached hydrogens (tertiary/aromatic N) is 2. The standard InChI is InChI=1S/C16H19N3OS2/c1-4-8-20-11-6-5-7-12-14(11)17-15-13(22-12)9-19(10(2)3)16(21)18-15/h5-7,9-10H,4,8H2,1-3H3,(H,17,18,21).